The number of carbonyl (C=O) groups is 3. The van der Waals surface area contributed by atoms with Gasteiger partial charge in [0, 0.05) is 19.3 Å². The van der Waals surface area contributed by atoms with Crippen LogP contribution in [0.5, 0.6) is 0 Å². The molecule has 6 heteroatoms. The molecule has 0 aromatic carbocycles. The summed E-state index contributed by atoms with van der Waals surface area (Å²) in [5, 5.41) is 0. The van der Waals surface area contributed by atoms with E-state index in [1.165, 1.54) is 57.8 Å². The van der Waals surface area contributed by atoms with Crippen LogP contribution in [0.15, 0.2) is 170 Å². The fourth-order valence-corrected chi connectivity index (χ4v) is 7.17. The molecule has 0 aliphatic rings. The molecule has 0 amide bonds. The van der Waals surface area contributed by atoms with Gasteiger partial charge in [-0.2, -0.15) is 0 Å². The van der Waals surface area contributed by atoms with E-state index in [1.54, 1.807) is 0 Å². The SMILES string of the molecule is CC/C=C\C/C=C\C/C=C\C/C=C\C/C=C\C/C=C\CCC(=O)OCC(COC(=O)CCCCCCCCC/C=C\C/C=C\CCCCCC)OC(=O)CC/C=C\C/C=C\C/C=C\C/C=C\C/C=C\C/C=C\CC. The monoisotopic (exact) mass is 1020 g/mol. The quantitative estimate of drug-likeness (QED) is 0.0261. The molecule has 0 aromatic rings. The lowest BCUT2D eigenvalue weighted by atomic mass is 10.1. The Balaban J connectivity index is 4.66. The minimum Gasteiger partial charge on any atom is -0.462 e. The Morgan fingerprint density at radius 1 is 0.284 bits per heavy atom. The van der Waals surface area contributed by atoms with E-state index in [9.17, 15) is 14.4 Å². The van der Waals surface area contributed by atoms with Crippen LogP contribution in [0.25, 0.3) is 0 Å². The first kappa shape index (κ1) is 68.8. The molecule has 0 radical (unpaired) electrons. The number of esters is 3. The molecule has 0 fully saturated rings. The third-order valence-electron chi connectivity index (χ3n) is 11.5. The maximum absolute atomic E-state index is 12.8. The van der Waals surface area contributed by atoms with Gasteiger partial charge in [0.15, 0.2) is 6.10 Å². The molecule has 412 valence electrons. The molecular weight excluding hydrogens is 913 g/mol. The summed E-state index contributed by atoms with van der Waals surface area (Å²) in [6.07, 6.45) is 89.4. The molecule has 0 N–H and O–H groups in total. The summed E-state index contributed by atoms with van der Waals surface area (Å²) in [6.45, 7) is 6.24. The highest BCUT2D eigenvalue weighted by Crippen LogP contribution is 2.12. The summed E-state index contributed by atoms with van der Waals surface area (Å²) < 4.78 is 16.7. The maximum atomic E-state index is 12.8. The van der Waals surface area contributed by atoms with E-state index in [1.807, 2.05) is 24.3 Å². The van der Waals surface area contributed by atoms with E-state index in [0.29, 0.717) is 19.3 Å². The molecule has 6 nitrogen and oxygen atoms in total. The fraction of sp³-hybridized carbons (Fsp3) is 0.544. The van der Waals surface area contributed by atoms with Crippen molar-refractivity contribution in [3.8, 4) is 0 Å². The van der Waals surface area contributed by atoms with Crippen molar-refractivity contribution in [2.45, 2.75) is 226 Å². The molecule has 0 aromatic heterocycles. The molecule has 1 unspecified atom stereocenters. The lowest BCUT2D eigenvalue weighted by molar-refractivity contribution is -0.166. The molecule has 0 aliphatic carbocycles. The number of hydrogen-bond acceptors (Lipinski definition) is 6. The molecule has 0 bridgehead atoms. The molecule has 0 rings (SSSR count). The number of carbonyl (C=O) groups excluding carboxylic acids is 3. The first-order chi connectivity index (χ1) is 36.5. The number of hydrogen-bond donors (Lipinski definition) is 0. The Morgan fingerprint density at radius 2 is 0.554 bits per heavy atom. The molecule has 0 saturated heterocycles. The van der Waals surface area contributed by atoms with Crippen LogP contribution in [-0.2, 0) is 28.6 Å². The van der Waals surface area contributed by atoms with Crippen LogP contribution in [0.2, 0.25) is 0 Å². The van der Waals surface area contributed by atoms with Crippen molar-refractivity contribution in [3.05, 3.63) is 170 Å². The summed E-state index contributed by atoms with van der Waals surface area (Å²) >= 11 is 0. The Kier molecular flexibility index (Phi) is 56.1. The average Bonchev–Trinajstić information content (AvgIpc) is 3.40. The molecular formula is C68H104O6. The standard InChI is InChI=1S/C68H104O6/c1-4-7-10-13-16-19-22-25-28-31-34-37-40-43-46-49-52-55-58-61-67(70)73-64-65(63-72-66(69)60-57-54-51-48-45-42-39-36-33-30-27-24-21-18-15-12-9-6-3)74-68(71)62-59-56-53-50-47-44-41-38-35-32-29-26-23-20-17-14-11-8-5-2/h7-8,10-11,16-17,19-21,24-26,28-30,33-35,37-38,43-44,46-47,52-53,55-56,65H,4-6,9,12-15,18,22-23,27,31-32,36,39-42,45,48-51,54,57-64H2,1-3H3/b10-7-,11-8-,19-16-,20-17-,24-21-,28-25-,29-26-,33-30-,37-34-,38-35-,46-43-,47-44-,55-52-,56-53-. The number of rotatable bonds is 50. The van der Waals surface area contributed by atoms with Gasteiger partial charge in [0.25, 0.3) is 0 Å². The highest BCUT2D eigenvalue weighted by atomic mass is 16.6. The van der Waals surface area contributed by atoms with E-state index in [0.717, 1.165) is 109 Å². The van der Waals surface area contributed by atoms with E-state index in [2.05, 4.69) is 167 Å². The average molecular weight is 1020 g/mol. The first-order valence-corrected chi connectivity index (χ1v) is 29.1. The molecule has 0 aliphatic heterocycles. The van der Waals surface area contributed by atoms with Crippen molar-refractivity contribution in [1.82, 2.24) is 0 Å². The van der Waals surface area contributed by atoms with Gasteiger partial charge in [-0.15, -0.1) is 0 Å². The third-order valence-corrected chi connectivity index (χ3v) is 11.5. The first-order valence-electron chi connectivity index (χ1n) is 29.1. The zero-order valence-electron chi connectivity index (χ0n) is 47.0. The molecule has 0 heterocycles. The van der Waals surface area contributed by atoms with E-state index < -0.39 is 12.1 Å². The summed E-state index contributed by atoms with van der Waals surface area (Å²) in [6, 6.07) is 0. The van der Waals surface area contributed by atoms with Gasteiger partial charge in [-0.25, -0.2) is 0 Å². The second-order valence-electron chi connectivity index (χ2n) is 18.4. The highest BCUT2D eigenvalue weighted by Gasteiger charge is 2.19. The van der Waals surface area contributed by atoms with Gasteiger partial charge >= 0.3 is 17.9 Å². The van der Waals surface area contributed by atoms with Crippen molar-refractivity contribution in [1.29, 1.82) is 0 Å². The van der Waals surface area contributed by atoms with Crippen LogP contribution in [0.1, 0.15) is 220 Å². The minimum atomic E-state index is -0.863. The molecule has 0 spiro atoms. The molecule has 1 atom stereocenters. The van der Waals surface area contributed by atoms with E-state index in [4.69, 9.17) is 14.2 Å². The predicted octanol–water partition coefficient (Wildman–Crippen LogP) is 19.9. The topological polar surface area (TPSA) is 78.9 Å². The molecule has 74 heavy (non-hydrogen) atoms. The number of unbranched alkanes of at least 4 members (excludes halogenated alkanes) is 11. The largest absolute Gasteiger partial charge is 0.462 e. The zero-order valence-corrected chi connectivity index (χ0v) is 47.0. The van der Waals surface area contributed by atoms with Crippen LogP contribution >= 0.6 is 0 Å². The summed E-state index contributed by atoms with van der Waals surface area (Å²) in [7, 11) is 0. The van der Waals surface area contributed by atoms with Crippen LogP contribution in [0.3, 0.4) is 0 Å². The lowest BCUT2D eigenvalue weighted by Gasteiger charge is -2.18. The van der Waals surface area contributed by atoms with Gasteiger partial charge in [0.05, 0.1) is 0 Å². The smallest absolute Gasteiger partial charge is 0.306 e. The van der Waals surface area contributed by atoms with Gasteiger partial charge in [-0.1, -0.05) is 242 Å². The van der Waals surface area contributed by atoms with Crippen molar-refractivity contribution in [3.63, 3.8) is 0 Å². The second-order valence-corrected chi connectivity index (χ2v) is 18.4. The lowest BCUT2D eigenvalue weighted by Crippen LogP contribution is -2.30. The Morgan fingerprint density at radius 3 is 0.905 bits per heavy atom. The van der Waals surface area contributed by atoms with Gasteiger partial charge < -0.3 is 14.2 Å². The molecule has 0 saturated carbocycles. The summed E-state index contributed by atoms with van der Waals surface area (Å²) in [5.74, 6) is -1.13. The van der Waals surface area contributed by atoms with Gasteiger partial charge in [0.2, 0.25) is 0 Å². The summed E-state index contributed by atoms with van der Waals surface area (Å²) in [4.78, 5) is 38.2. The summed E-state index contributed by atoms with van der Waals surface area (Å²) in [5.41, 5.74) is 0. The van der Waals surface area contributed by atoms with Gasteiger partial charge in [-0.3, -0.25) is 14.4 Å². The minimum absolute atomic E-state index is 0.144. The van der Waals surface area contributed by atoms with Crippen LogP contribution < -0.4 is 0 Å². The van der Waals surface area contributed by atoms with Crippen LogP contribution in [0.4, 0.5) is 0 Å². The zero-order chi connectivity index (χ0) is 53.6. The third kappa shape index (κ3) is 57.7. The Hall–Kier alpha value is -5.23. The van der Waals surface area contributed by atoms with Crippen molar-refractivity contribution in [2.75, 3.05) is 13.2 Å². The van der Waals surface area contributed by atoms with Crippen molar-refractivity contribution < 1.29 is 28.6 Å². The normalized spacial score (nSPS) is 13.4. The highest BCUT2D eigenvalue weighted by molar-refractivity contribution is 5.71. The van der Waals surface area contributed by atoms with Gasteiger partial charge in [-0.05, 0) is 128 Å². The van der Waals surface area contributed by atoms with Crippen LogP contribution in [-0.4, -0.2) is 37.2 Å². The van der Waals surface area contributed by atoms with Gasteiger partial charge in [0.1, 0.15) is 13.2 Å². The van der Waals surface area contributed by atoms with E-state index in [-0.39, 0.29) is 38.0 Å². The Bertz CT molecular complexity index is 1740. The van der Waals surface area contributed by atoms with Crippen LogP contribution in [0, 0.1) is 0 Å². The van der Waals surface area contributed by atoms with Crippen molar-refractivity contribution >= 4 is 17.9 Å². The predicted molar refractivity (Wildman–Crippen MR) is 320 cm³/mol. The van der Waals surface area contributed by atoms with Crippen molar-refractivity contribution in [2.24, 2.45) is 0 Å². The number of ether oxygens (including phenoxy) is 3. The number of allylic oxidation sites excluding steroid dienone is 28. The maximum Gasteiger partial charge on any atom is 0.306 e. The second kappa shape index (κ2) is 60.3. The Labute approximate surface area is 453 Å². The fourth-order valence-electron chi connectivity index (χ4n) is 7.17. The van der Waals surface area contributed by atoms with E-state index >= 15 is 0 Å².